The van der Waals surface area contributed by atoms with E-state index >= 15 is 0 Å². The van der Waals surface area contributed by atoms with E-state index < -0.39 is 0 Å². The van der Waals surface area contributed by atoms with E-state index in [1.54, 1.807) is 0 Å². The Morgan fingerprint density at radius 3 is 2.55 bits per heavy atom. The van der Waals surface area contributed by atoms with Gasteiger partial charge in [0.15, 0.2) is 0 Å². The third kappa shape index (κ3) is 3.58. The van der Waals surface area contributed by atoms with Gasteiger partial charge in [-0.2, -0.15) is 5.26 Å². The van der Waals surface area contributed by atoms with Crippen LogP contribution in [0.15, 0.2) is 42.5 Å². The summed E-state index contributed by atoms with van der Waals surface area (Å²) in [6.07, 6.45) is 1.06. The summed E-state index contributed by atoms with van der Waals surface area (Å²) in [5.74, 6) is 1.31. The molecular formula is C17H19N3. The van der Waals surface area contributed by atoms with E-state index in [4.69, 9.17) is 5.26 Å². The average molecular weight is 265 g/mol. The lowest BCUT2D eigenvalue weighted by Gasteiger charge is -2.10. The molecule has 1 aromatic heterocycles. The molecule has 0 atom stereocenters. The van der Waals surface area contributed by atoms with E-state index in [1.807, 2.05) is 42.5 Å². The molecule has 3 heteroatoms. The number of rotatable bonds is 5. The van der Waals surface area contributed by atoms with Crippen molar-refractivity contribution < 1.29 is 0 Å². The van der Waals surface area contributed by atoms with Crippen LogP contribution in [-0.2, 0) is 0 Å². The minimum atomic E-state index is 0.591. The third-order valence-corrected chi connectivity index (χ3v) is 3.10. The number of hydrogen-bond acceptors (Lipinski definition) is 3. The van der Waals surface area contributed by atoms with Gasteiger partial charge in [0.05, 0.1) is 11.3 Å². The number of hydrogen-bond donors (Lipinski definition) is 1. The predicted octanol–water partition coefficient (Wildman–Crippen LogP) is 4.08. The van der Waals surface area contributed by atoms with Crippen LogP contribution < -0.4 is 5.32 Å². The Morgan fingerprint density at radius 2 is 1.90 bits per heavy atom. The zero-order valence-corrected chi connectivity index (χ0v) is 11.9. The standard InChI is InChI=1S/C17H19N3/c1-13(2)10-11-19-17-15(12-18)8-9-16(20-17)14-6-4-3-5-7-14/h3-9,13H,10-11H2,1-2H3,(H,19,20). The van der Waals surface area contributed by atoms with Crippen LogP contribution in [-0.4, -0.2) is 11.5 Å². The molecule has 0 unspecified atom stereocenters. The molecule has 0 bridgehead atoms. The van der Waals surface area contributed by atoms with E-state index in [0.29, 0.717) is 17.3 Å². The van der Waals surface area contributed by atoms with Crippen LogP contribution in [0, 0.1) is 17.2 Å². The van der Waals surface area contributed by atoms with E-state index in [2.05, 4.69) is 30.2 Å². The lowest BCUT2D eigenvalue weighted by Crippen LogP contribution is -2.08. The van der Waals surface area contributed by atoms with Crippen molar-refractivity contribution in [2.24, 2.45) is 5.92 Å². The minimum absolute atomic E-state index is 0.591. The second-order valence-electron chi connectivity index (χ2n) is 5.18. The Morgan fingerprint density at radius 1 is 1.15 bits per heavy atom. The molecule has 0 aliphatic rings. The number of nitriles is 1. The minimum Gasteiger partial charge on any atom is -0.369 e. The quantitative estimate of drug-likeness (QED) is 0.886. The van der Waals surface area contributed by atoms with Crippen LogP contribution in [0.1, 0.15) is 25.8 Å². The molecule has 1 aromatic carbocycles. The van der Waals surface area contributed by atoms with Crippen LogP contribution in [0.2, 0.25) is 0 Å². The average Bonchev–Trinajstić information content (AvgIpc) is 2.47. The summed E-state index contributed by atoms with van der Waals surface area (Å²) in [6, 6.07) is 15.9. The molecule has 102 valence electrons. The van der Waals surface area contributed by atoms with Crippen molar-refractivity contribution in [2.75, 3.05) is 11.9 Å². The fourth-order valence-electron chi connectivity index (χ4n) is 1.93. The Kier molecular flexibility index (Phi) is 4.73. The van der Waals surface area contributed by atoms with Gasteiger partial charge in [0.2, 0.25) is 0 Å². The molecule has 0 saturated heterocycles. The third-order valence-electron chi connectivity index (χ3n) is 3.10. The zero-order chi connectivity index (χ0) is 14.4. The van der Waals surface area contributed by atoms with Crippen LogP contribution >= 0.6 is 0 Å². The van der Waals surface area contributed by atoms with Gasteiger partial charge in [-0.1, -0.05) is 44.2 Å². The highest BCUT2D eigenvalue weighted by Gasteiger charge is 2.06. The first-order valence-electron chi connectivity index (χ1n) is 6.91. The lowest BCUT2D eigenvalue weighted by atomic mass is 10.1. The van der Waals surface area contributed by atoms with Crippen molar-refractivity contribution in [2.45, 2.75) is 20.3 Å². The van der Waals surface area contributed by atoms with Crippen molar-refractivity contribution in [3.8, 4) is 17.3 Å². The van der Waals surface area contributed by atoms with Gasteiger partial charge in [0.25, 0.3) is 0 Å². The molecule has 0 radical (unpaired) electrons. The molecule has 0 spiro atoms. The van der Waals surface area contributed by atoms with Gasteiger partial charge in [-0.25, -0.2) is 4.98 Å². The van der Waals surface area contributed by atoms with Crippen molar-refractivity contribution in [1.82, 2.24) is 4.98 Å². The van der Waals surface area contributed by atoms with Gasteiger partial charge in [-0.15, -0.1) is 0 Å². The number of benzene rings is 1. The summed E-state index contributed by atoms with van der Waals surface area (Å²) < 4.78 is 0. The summed E-state index contributed by atoms with van der Waals surface area (Å²) in [7, 11) is 0. The molecule has 0 fully saturated rings. The number of anilines is 1. The maximum atomic E-state index is 9.16. The molecule has 1 heterocycles. The summed E-state index contributed by atoms with van der Waals surface area (Å²) in [4.78, 5) is 4.58. The monoisotopic (exact) mass is 265 g/mol. The molecular weight excluding hydrogens is 246 g/mol. The van der Waals surface area contributed by atoms with Crippen LogP contribution in [0.4, 0.5) is 5.82 Å². The molecule has 0 saturated carbocycles. The van der Waals surface area contributed by atoms with Gasteiger partial charge in [0, 0.05) is 12.1 Å². The SMILES string of the molecule is CC(C)CCNc1nc(-c2ccccc2)ccc1C#N. The highest BCUT2D eigenvalue weighted by atomic mass is 15.0. The molecule has 0 aliphatic heterocycles. The Hall–Kier alpha value is -2.34. The number of pyridine rings is 1. The summed E-state index contributed by atoms with van der Waals surface area (Å²) in [5, 5.41) is 12.4. The fraction of sp³-hybridized carbons (Fsp3) is 0.294. The van der Waals surface area contributed by atoms with Crippen LogP contribution in [0.5, 0.6) is 0 Å². The smallest absolute Gasteiger partial charge is 0.144 e. The molecule has 3 nitrogen and oxygen atoms in total. The van der Waals surface area contributed by atoms with Gasteiger partial charge >= 0.3 is 0 Å². The van der Waals surface area contributed by atoms with E-state index in [1.165, 1.54) is 0 Å². The Labute approximate surface area is 120 Å². The summed E-state index contributed by atoms with van der Waals surface area (Å²) >= 11 is 0. The lowest BCUT2D eigenvalue weighted by molar-refractivity contribution is 0.606. The van der Waals surface area contributed by atoms with E-state index in [9.17, 15) is 0 Å². The normalized spacial score (nSPS) is 10.3. The Bertz CT molecular complexity index is 597. The van der Waals surface area contributed by atoms with Gasteiger partial charge < -0.3 is 5.32 Å². The first-order chi connectivity index (χ1) is 9.70. The Balaban J connectivity index is 2.23. The van der Waals surface area contributed by atoms with Gasteiger partial charge in [-0.05, 0) is 24.5 Å². The van der Waals surface area contributed by atoms with Gasteiger partial charge in [0.1, 0.15) is 11.9 Å². The second-order valence-corrected chi connectivity index (χ2v) is 5.18. The molecule has 0 aliphatic carbocycles. The van der Waals surface area contributed by atoms with Crippen LogP contribution in [0.25, 0.3) is 11.3 Å². The van der Waals surface area contributed by atoms with Crippen molar-refractivity contribution in [1.29, 1.82) is 5.26 Å². The summed E-state index contributed by atoms with van der Waals surface area (Å²) in [5.41, 5.74) is 2.54. The van der Waals surface area contributed by atoms with E-state index in [0.717, 1.165) is 24.2 Å². The maximum Gasteiger partial charge on any atom is 0.144 e. The molecule has 1 N–H and O–H groups in total. The maximum absolute atomic E-state index is 9.16. The highest BCUT2D eigenvalue weighted by Crippen LogP contribution is 2.21. The zero-order valence-electron chi connectivity index (χ0n) is 11.9. The van der Waals surface area contributed by atoms with Crippen molar-refractivity contribution in [3.63, 3.8) is 0 Å². The fourth-order valence-corrected chi connectivity index (χ4v) is 1.93. The first kappa shape index (κ1) is 14.1. The van der Waals surface area contributed by atoms with Crippen molar-refractivity contribution >= 4 is 5.82 Å². The highest BCUT2D eigenvalue weighted by molar-refractivity contribution is 5.64. The number of nitrogens with zero attached hydrogens (tertiary/aromatic N) is 2. The topological polar surface area (TPSA) is 48.7 Å². The summed E-state index contributed by atoms with van der Waals surface area (Å²) in [6.45, 7) is 5.19. The van der Waals surface area contributed by atoms with Crippen LogP contribution in [0.3, 0.4) is 0 Å². The second kappa shape index (κ2) is 6.72. The molecule has 0 amide bonds. The van der Waals surface area contributed by atoms with E-state index in [-0.39, 0.29) is 0 Å². The van der Waals surface area contributed by atoms with Crippen molar-refractivity contribution in [3.05, 3.63) is 48.0 Å². The largest absolute Gasteiger partial charge is 0.369 e. The molecule has 20 heavy (non-hydrogen) atoms. The predicted molar refractivity (Wildman–Crippen MR) is 82.3 cm³/mol. The molecule has 2 aromatic rings. The number of aromatic nitrogens is 1. The van der Waals surface area contributed by atoms with Gasteiger partial charge in [-0.3, -0.25) is 0 Å². The number of nitrogens with one attached hydrogen (secondary N) is 1. The first-order valence-corrected chi connectivity index (χ1v) is 6.91. The molecule has 2 rings (SSSR count).